The predicted molar refractivity (Wildman–Crippen MR) is 145 cm³/mol. The van der Waals surface area contributed by atoms with E-state index in [9.17, 15) is 22.4 Å². The van der Waals surface area contributed by atoms with Crippen LogP contribution in [0.25, 0.3) is 0 Å². The Morgan fingerprint density at radius 2 is 1.61 bits per heavy atom. The summed E-state index contributed by atoms with van der Waals surface area (Å²) in [6, 6.07) is 20.5. The molecule has 0 aliphatic heterocycles. The number of halogens is 1. The number of amides is 2. The summed E-state index contributed by atoms with van der Waals surface area (Å²) in [4.78, 5) is 28.2. The average Bonchev–Trinajstić information content (AvgIpc) is 2.90. The van der Waals surface area contributed by atoms with Gasteiger partial charge in [0, 0.05) is 25.6 Å². The highest BCUT2D eigenvalue weighted by Crippen LogP contribution is 2.30. The van der Waals surface area contributed by atoms with Crippen molar-refractivity contribution in [3.05, 3.63) is 95.8 Å². The van der Waals surface area contributed by atoms with Gasteiger partial charge in [0.1, 0.15) is 24.2 Å². The monoisotopic (exact) mass is 541 g/mol. The Morgan fingerprint density at radius 3 is 2.24 bits per heavy atom. The summed E-state index contributed by atoms with van der Waals surface area (Å²) < 4.78 is 47.0. The van der Waals surface area contributed by atoms with E-state index >= 15 is 0 Å². The molecule has 8 nitrogen and oxygen atoms in total. The Bertz CT molecular complexity index is 1350. The van der Waals surface area contributed by atoms with E-state index in [0.29, 0.717) is 5.75 Å². The lowest BCUT2D eigenvalue weighted by molar-refractivity contribution is -0.139. The van der Waals surface area contributed by atoms with Gasteiger partial charge in [-0.3, -0.25) is 13.9 Å². The summed E-state index contributed by atoms with van der Waals surface area (Å²) in [7, 11) is -2.50. The van der Waals surface area contributed by atoms with Gasteiger partial charge in [-0.2, -0.15) is 0 Å². The first-order valence-corrected chi connectivity index (χ1v) is 14.0. The largest absolute Gasteiger partial charge is 0.492 e. The quantitative estimate of drug-likeness (QED) is 0.379. The van der Waals surface area contributed by atoms with Gasteiger partial charge in [-0.05, 0) is 30.7 Å². The molecule has 1 N–H and O–H groups in total. The summed E-state index contributed by atoms with van der Waals surface area (Å²) >= 11 is 0. The van der Waals surface area contributed by atoms with Crippen molar-refractivity contribution >= 4 is 27.5 Å². The van der Waals surface area contributed by atoms with Gasteiger partial charge in [-0.1, -0.05) is 60.7 Å². The van der Waals surface area contributed by atoms with Crippen LogP contribution in [0.4, 0.5) is 10.1 Å². The number of anilines is 1. The summed E-state index contributed by atoms with van der Waals surface area (Å²) in [6.07, 6.45) is 1.14. The topological polar surface area (TPSA) is 96.0 Å². The van der Waals surface area contributed by atoms with Gasteiger partial charge in [-0.25, -0.2) is 12.8 Å². The number of ether oxygens (including phenoxy) is 1. The number of likely N-dealkylation sites (N-methyl/N-ethyl adjacent to an activating group) is 1. The van der Waals surface area contributed by atoms with Crippen molar-refractivity contribution in [1.29, 1.82) is 0 Å². The van der Waals surface area contributed by atoms with Crippen molar-refractivity contribution < 1.29 is 27.1 Å². The van der Waals surface area contributed by atoms with Crippen LogP contribution in [-0.4, -0.2) is 57.6 Å². The predicted octanol–water partition coefficient (Wildman–Crippen LogP) is 3.38. The fourth-order valence-electron chi connectivity index (χ4n) is 4.07. The van der Waals surface area contributed by atoms with Crippen LogP contribution in [0, 0.1) is 5.82 Å². The maximum absolute atomic E-state index is 14.7. The molecule has 2 amide bonds. The molecule has 3 aromatic carbocycles. The molecule has 38 heavy (non-hydrogen) atoms. The molecule has 202 valence electrons. The normalized spacial score (nSPS) is 11.9. The third-order valence-corrected chi connectivity index (χ3v) is 7.06. The van der Waals surface area contributed by atoms with Gasteiger partial charge in [0.05, 0.1) is 18.6 Å². The Labute approximate surface area is 223 Å². The van der Waals surface area contributed by atoms with E-state index in [-0.39, 0.29) is 30.8 Å². The maximum Gasteiger partial charge on any atom is 0.244 e. The molecule has 0 radical (unpaired) electrons. The number of nitrogens with zero attached hydrogens (tertiary/aromatic N) is 2. The second-order valence-electron chi connectivity index (χ2n) is 8.60. The number of benzene rings is 3. The lowest BCUT2D eigenvalue weighted by atomic mass is 10.0. The van der Waals surface area contributed by atoms with Crippen LogP contribution in [-0.2, 0) is 32.6 Å². The summed E-state index contributed by atoms with van der Waals surface area (Å²) in [5, 5.41) is 2.58. The minimum Gasteiger partial charge on any atom is -0.492 e. The van der Waals surface area contributed by atoms with Crippen LogP contribution < -0.4 is 14.4 Å². The third kappa shape index (κ3) is 7.32. The SMILES string of the molecule is CCOc1ccccc1N(CC(=O)N(Cc1ccccc1F)[C@@H](Cc1ccccc1)C(=O)NC)S(C)(=O)=O. The molecule has 1 atom stereocenters. The van der Waals surface area contributed by atoms with Crippen molar-refractivity contribution in [2.75, 3.05) is 30.8 Å². The Kier molecular flexibility index (Phi) is 9.84. The summed E-state index contributed by atoms with van der Waals surface area (Å²) in [6.45, 7) is 1.21. The standard InChI is InChI=1S/C28H32FN3O5S/c1-4-37-26-17-11-10-16-24(26)32(38(3,35)36)20-27(33)31(19-22-14-8-9-15-23(22)29)25(28(34)30-2)18-21-12-6-5-7-13-21/h5-17,25H,4,18-20H2,1-3H3,(H,30,34)/t25-/m0/s1. The molecular formula is C28H32FN3O5S. The number of hydrogen-bond donors (Lipinski definition) is 1. The van der Waals surface area contributed by atoms with E-state index < -0.39 is 40.2 Å². The molecule has 0 aliphatic rings. The van der Waals surface area contributed by atoms with Crippen molar-refractivity contribution in [1.82, 2.24) is 10.2 Å². The molecule has 0 aromatic heterocycles. The van der Waals surface area contributed by atoms with Crippen molar-refractivity contribution in [2.24, 2.45) is 0 Å². The molecule has 0 fully saturated rings. The fourth-order valence-corrected chi connectivity index (χ4v) is 4.92. The molecule has 0 bridgehead atoms. The molecule has 0 aliphatic carbocycles. The van der Waals surface area contributed by atoms with E-state index in [1.54, 1.807) is 37.3 Å². The van der Waals surface area contributed by atoms with E-state index in [0.717, 1.165) is 16.1 Å². The van der Waals surface area contributed by atoms with Crippen LogP contribution in [0.2, 0.25) is 0 Å². The third-order valence-electron chi connectivity index (χ3n) is 5.93. The van der Waals surface area contributed by atoms with Gasteiger partial charge in [0.15, 0.2) is 0 Å². The van der Waals surface area contributed by atoms with Gasteiger partial charge in [0.25, 0.3) is 0 Å². The van der Waals surface area contributed by atoms with Crippen LogP contribution in [0.15, 0.2) is 78.9 Å². The number of hydrogen-bond acceptors (Lipinski definition) is 5. The maximum atomic E-state index is 14.7. The van der Waals surface area contributed by atoms with Crippen LogP contribution in [0.3, 0.4) is 0 Å². The summed E-state index contributed by atoms with van der Waals surface area (Å²) in [5.41, 5.74) is 1.17. The van der Waals surface area contributed by atoms with Crippen molar-refractivity contribution in [3.63, 3.8) is 0 Å². The number of carbonyl (C=O) groups excluding carboxylic acids is 2. The highest BCUT2D eigenvalue weighted by molar-refractivity contribution is 7.92. The molecule has 3 aromatic rings. The van der Waals surface area contributed by atoms with Gasteiger partial charge in [-0.15, -0.1) is 0 Å². The second kappa shape index (κ2) is 13.0. The Morgan fingerprint density at radius 1 is 0.974 bits per heavy atom. The van der Waals surface area contributed by atoms with Crippen molar-refractivity contribution in [3.8, 4) is 5.75 Å². The smallest absolute Gasteiger partial charge is 0.244 e. The molecule has 10 heteroatoms. The minimum atomic E-state index is -3.95. The first kappa shape index (κ1) is 28.6. The number of para-hydroxylation sites is 2. The Balaban J connectivity index is 2.06. The first-order chi connectivity index (χ1) is 18.2. The molecule has 3 rings (SSSR count). The molecule has 0 unspecified atom stereocenters. The average molecular weight is 542 g/mol. The minimum absolute atomic E-state index is 0.148. The molecular weight excluding hydrogens is 509 g/mol. The van der Waals surface area contributed by atoms with Gasteiger partial charge >= 0.3 is 0 Å². The van der Waals surface area contributed by atoms with E-state index in [2.05, 4.69) is 5.32 Å². The number of sulfonamides is 1. The van der Waals surface area contributed by atoms with Crippen LogP contribution in [0.5, 0.6) is 5.75 Å². The van der Waals surface area contributed by atoms with E-state index in [4.69, 9.17) is 4.74 Å². The Hall–Kier alpha value is -3.92. The number of rotatable bonds is 12. The lowest BCUT2D eigenvalue weighted by Crippen LogP contribution is -2.53. The zero-order valence-electron chi connectivity index (χ0n) is 21.6. The summed E-state index contributed by atoms with van der Waals surface area (Å²) in [5.74, 6) is -1.38. The molecule has 0 spiro atoms. The number of nitrogens with one attached hydrogen (secondary N) is 1. The van der Waals surface area contributed by atoms with E-state index in [1.807, 2.05) is 30.3 Å². The number of carbonyl (C=O) groups is 2. The zero-order valence-corrected chi connectivity index (χ0v) is 22.4. The molecule has 0 saturated carbocycles. The van der Waals surface area contributed by atoms with Gasteiger partial charge < -0.3 is 15.0 Å². The highest BCUT2D eigenvalue weighted by Gasteiger charge is 2.33. The zero-order chi connectivity index (χ0) is 27.7. The van der Waals surface area contributed by atoms with Crippen LogP contribution >= 0.6 is 0 Å². The van der Waals surface area contributed by atoms with Crippen molar-refractivity contribution in [2.45, 2.75) is 25.9 Å². The fraction of sp³-hybridized carbons (Fsp3) is 0.286. The first-order valence-electron chi connectivity index (χ1n) is 12.1. The van der Waals surface area contributed by atoms with Gasteiger partial charge in [0.2, 0.25) is 21.8 Å². The van der Waals surface area contributed by atoms with E-state index in [1.165, 1.54) is 30.1 Å². The van der Waals surface area contributed by atoms with Crippen LogP contribution in [0.1, 0.15) is 18.1 Å². The highest BCUT2D eigenvalue weighted by atomic mass is 32.2. The lowest BCUT2D eigenvalue weighted by Gasteiger charge is -2.33. The molecule has 0 saturated heterocycles. The second-order valence-corrected chi connectivity index (χ2v) is 10.5. The molecule has 0 heterocycles.